The van der Waals surface area contributed by atoms with Gasteiger partial charge in [0.25, 0.3) is 11.8 Å². The molecule has 146 valence electrons. The highest BCUT2D eigenvalue weighted by Crippen LogP contribution is 2.34. The van der Waals surface area contributed by atoms with Crippen molar-refractivity contribution in [1.29, 1.82) is 0 Å². The zero-order chi connectivity index (χ0) is 19.7. The average Bonchev–Trinajstić information content (AvgIpc) is 2.91. The summed E-state index contributed by atoms with van der Waals surface area (Å²) in [7, 11) is 1.69. The van der Waals surface area contributed by atoms with E-state index in [1.54, 1.807) is 37.1 Å². The molecule has 0 N–H and O–H groups in total. The molecule has 0 spiro atoms. The van der Waals surface area contributed by atoms with Crippen LogP contribution in [0.25, 0.3) is 0 Å². The van der Waals surface area contributed by atoms with Gasteiger partial charge in [0.15, 0.2) is 6.10 Å². The summed E-state index contributed by atoms with van der Waals surface area (Å²) in [6.07, 6.45) is 0.230. The lowest BCUT2D eigenvalue weighted by Gasteiger charge is -2.31. The van der Waals surface area contributed by atoms with E-state index < -0.39 is 6.10 Å². The quantitative estimate of drug-likeness (QED) is 0.792. The second-order valence-corrected chi connectivity index (χ2v) is 7.47. The van der Waals surface area contributed by atoms with Crippen LogP contribution in [-0.4, -0.2) is 66.9 Å². The third kappa shape index (κ3) is 3.77. The Bertz CT molecular complexity index is 762. The third-order valence-corrected chi connectivity index (χ3v) is 5.14. The number of fused-ring (bicyclic) bond motifs is 1. The van der Waals surface area contributed by atoms with Crippen molar-refractivity contribution in [1.82, 2.24) is 9.80 Å². The lowest BCUT2D eigenvalue weighted by atomic mass is 10.1. The maximum atomic E-state index is 13.0. The molecule has 3 rings (SSSR count). The Labute approximate surface area is 159 Å². The minimum absolute atomic E-state index is 0.0386. The number of anilines is 1. The summed E-state index contributed by atoms with van der Waals surface area (Å²) in [5.74, 6) is 0.472. The molecule has 7 heteroatoms. The SMILES string of the molecule is CC(C)C(=O)N1CCCN(C(=O)c2ccc3c(c2)N(C)C(=O)C(C)O3)CC1. The number of rotatable bonds is 2. The smallest absolute Gasteiger partial charge is 0.267 e. The van der Waals surface area contributed by atoms with Crippen molar-refractivity contribution in [2.24, 2.45) is 5.92 Å². The van der Waals surface area contributed by atoms with Crippen molar-refractivity contribution < 1.29 is 19.1 Å². The summed E-state index contributed by atoms with van der Waals surface area (Å²) < 4.78 is 5.62. The molecule has 0 bridgehead atoms. The molecule has 1 aromatic rings. The van der Waals surface area contributed by atoms with E-state index in [2.05, 4.69) is 0 Å². The highest BCUT2D eigenvalue weighted by Gasteiger charge is 2.30. The molecule has 2 heterocycles. The maximum Gasteiger partial charge on any atom is 0.267 e. The van der Waals surface area contributed by atoms with Gasteiger partial charge in [-0.05, 0) is 31.5 Å². The summed E-state index contributed by atoms with van der Waals surface area (Å²) in [5.41, 5.74) is 1.13. The van der Waals surface area contributed by atoms with Gasteiger partial charge in [-0.15, -0.1) is 0 Å². The Morgan fingerprint density at radius 3 is 2.48 bits per heavy atom. The summed E-state index contributed by atoms with van der Waals surface area (Å²) in [6.45, 7) is 7.84. The standard InChI is InChI=1S/C20H27N3O4/c1-13(2)18(24)22-8-5-9-23(11-10-22)20(26)15-6-7-17-16(12-15)21(4)19(25)14(3)27-17/h6-7,12-14H,5,8-11H2,1-4H3. The number of likely N-dealkylation sites (N-methyl/N-ethyl adjacent to an activating group) is 1. The number of hydrogen-bond donors (Lipinski definition) is 0. The Morgan fingerprint density at radius 2 is 1.78 bits per heavy atom. The summed E-state index contributed by atoms with van der Waals surface area (Å²) in [6, 6.07) is 5.19. The van der Waals surface area contributed by atoms with Crippen LogP contribution < -0.4 is 9.64 Å². The minimum atomic E-state index is -0.529. The molecule has 1 saturated heterocycles. The van der Waals surface area contributed by atoms with Crippen LogP contribution in [0, 0.1) is 5.92 Å². The van der Waals surface area contributed by atoms with E-state index in [0.29, 0.717) is 43.2 Å². The molecule has 0 aliphatic carbocycles. The number of nitrogens with zero attached hydrogens (tertiary/aromatic N) is 3. The largest absolute Gasteiger partial charge is 0.479 e. The predicted octanol–water partition coefficient (Wildman–Crippen LogP) is 1.76. The van der Waals surface area contributed by atoms with E-state index in [9.17, 15) is 14.4 Å². The second kappa shape index (κ2) is 7.58. The fourth-order valence-electron chi connectivity index (χ4n) is 3.53. The molecule has 7 nitrogen and oxygen atoms in total. The van der Waals surface area contributed by atoms with Gasteiger partial charge in [0.1, 0.15) is 5.75 Å². The van der Waals surface area contributed by atoms with Gasteiger partial charge in [0, 0.05) is 44.7 Å². The van der Waals surface area contributed by atoms with Crippen LogP contribution in [0.5, 0.6) is 5.75 Å². The molecule has 1 atom stereocenters. The number of carbonyl (C=O) groups excluding carboxylic acids is 3. The Kier molecular flexibility index (Phi) is 5.39. The Morgan fingerprint density at radius 1 is 1.11 bits per heavy atom. The number of benzene rings is 1. The van der Waals surface area contributed by atoms with Crippen LogP contribution in [0.2, 0.25) is 0 Å². The highest BCUT2D eigenvalue weighted by atomic mass is 16.5. The molecule has 27 heavy (non-hydrogen) atoms. The van der Waals surface area contributed by atoms with Gasteiger partial charge in [-0.1, -0.05) is 13.8 Å². The summed E-state index contributed by atoms with van der Waals surface area (Å²) >= 11 is 0. The first kappa shape index (κ1) is 19.2. The minimum Gasteiger partial charge on any atom is -0.479 e. The first-order chi connectivity index (χ1) is 12.8. The number of ether oxygens (including phenoxy) is 1. The van der Waals surface area contributed by atoms with Crippen LogP contribution in [0.1, 0.15) is 37.6 Å². The van der Waals surface area contributed by atoms with E-state index in [-0.39, 0.29) is 23.6 Å². The number of amides is 3. The molecule has 3 amide bonds. The third-order valence-electron chi connectivity index (χ3n) is 5.14. The molecule has 0 saturated carbocycles. The molecular formula is C20H27N3O4. The molecule has 1 unspecified atom stereocenters. The molecule has 1 aromatic carbocycles. The highest BCUT2D eigenvalue weighted by molar-refractivity contribution is 6.02. The number of carbonyl (C=O) groups is 3. The van der Waals surface area contributed by atoms with Crippen molar-refractivity contribution in [2.75, 3.05) is 38.1 Å². The lowest BCUT2D eigenvalue weighted by molar-refractivity contribution is -0.134. The monoisotopic (exact) mass is 373 g/mol. The lowest BCUT2D eigenvalue weighted by Crippen LogP contribution is -2.42. The first-order valence-electron chi connectivity index (χ1n) is 9.46. The average molecular weight is 373 g/mol. The van der Waals surface area contributed by atoms with Gasteiger partial charge in [-0.25, -0.2) is 0 Å². The van der Waals surface area contributed by atoms with Crippen molar-refractivity contribution in [3.05, 3.63) is 23.8 Å². The van der Waals surface area contributed by atoms with E-state index in [1.165, 1.54) is 4.90 Å². The maximum absolute atomic E-state index is 13.0. The summed E-state index contributed by atoms with van der Waals surface area (Å²) in [4.78, 5) is 42.5. The normalized spacial score (nSPS) is 20.3. The van der Waals surface area contributed by atoms with E-state index in [1.807, 2.05) is 18.7 Å². The van der Waals surface area contributed by atoms with Gasteiger partial charge in [0.2, 0.25) is 5.91 Å². The van der Waals surface area contributed by atoms with Gasteiger partial charge in [-0.2, -0.15) is 0 Å². The van der Waals surface area contributed by atoms with E-state index >= 15 is 0 Å². The van der Waals surface area contributed by atoms with Gasteiger partial charge in [-0.3, -0.25) is 14.4 Å². The fraction of sp³-hybridized carbons (Fsp3) is 0.550. The van der Waals surface area contributed by atoms with Crippen molar-refractivity contribution >= 4 is 23.4 Å². The van der Waals surface area contributed by atoms with E-state index in [0.717, 1.165) is 6.42 Å². The molecule has 1 fully saturated rings. The van der Waals surface area contributed by atoms with Crippen LogP contribution in [-0.2, 0) is 9.59 Å². The first-order valence-corrected chi connectivity index (χ1v) is 9.46. The summed E-state index contributed by atoms with van der Waals surface area (Å²) in [5, 5.41) is 0. The molecule has 2 aliphatic heterocycles. The molecule has 0 radical (unpaired) electrons. The van der Waals surface area contributed by atoms with E-state index in [4.69, 9.17) is 4.74 Å². The predicted molar refractivity (Wildman–Crippen MR) is 102 cm³/mol. The van der Waals surface area contributed by atoms with Crippen molar-refractivity contribution in [3.8, 4) is 5.75 Å². The van der Waals surface area contributed by atoms with Gasteiger partial charge in [0.05, 0.1) is 5.69 Å². The molecular weight excluding hydrogens is 346 g/mol. The Hall–Kier alpha value is -2.57. The fourth-order valence-corrected chi connectivity index (χ4v) is 3.53. The molecule has 0 aromatic heterocycles. The zero-order valence-corrected chi connectivity index (χ0v) is 16.4. The van der Waals surface area contributed by atoms with Crippen molar-refractivity contribution in [2.45, 2.75) is 33.3 Å². The second-order valence-electron chi connectivity index (χ2n) is 7.47. The molecule has 2 aliphatic rings. The van der Waals surface area contributed by atoms with Crippen LogP contribution in [0.3, 0.4) is 0 Å². The van der Waals surface area contributed by atoms with Crippen LogP contribution in [0.15, 0.2) is 18.2 Å². The van der Waals surface area contributed by atoms with Crippen molar-refractivity contribution in [3.63, 3.8) is 0 Å². The topological polar surface area (TPSA) is 70.2 Å². The number of hydrogen-bond acceptors (Lipinski definition) is 4. The van der Waals surface area contributed by atoms with Crippen LogP contribution in [0.4, 0.5) is 5.69 Å². The van der Waals surface area contributed by atoms with Gasteiger partial charge >= 0.3 is 0 Å². The Balaban J connectivity index is 1.75. The van der Waals surface area contributed by atoms with Gasteiger partial charge < -0.3 is 19.4 Å². The zero-order valence-electron chi connectivity index (χ0n) is 16.4. The van der Waals surface area contributed by atoms with Crippen LogP contribution >= 0.6 is 0 Å².